The summed E-state index contributed by atoms with van der Waals surface area (Å²) >= 11 is 6.17. The minimum Gasteiger partial charge on any atom is -0.290 e. The van der Waals surface area contributed by atoms with E-state index in [0.717, 1.165) is 17.1 Å². The van der Waals surface area contributed by atoms with E-state index in [4.69, 9.17) is 0 Å². The van der Waals surface area contributed by atoms with Gasteiger partial charge in [0.25, 0.3) is 0 Å². The highest BCUT2D eigenvalue weighted by Crippen LogP contribution is 2.38. The van der Waals surface area contributed by atoms with Gasteiger partial charge in [0.15, 0.2) is 0 Å². The molecule has 3 heteroatoms. The van der Waals surface area contributed by atoms with Crippen LogP contribution in [-0.2, 0) is 0 Å². The van der Waals surface area contributed by atoms with Gasteiger partial charge < -0.3 is 0 Å². The van der Waals surface area contributed by atoms with Gasteiger partial charge in [-0.3, -0.25) is 4.31 Å². The van der Waals surface area contributed by atoms with Crippen molar-refractivity contribution >= 4 is 30.3 Å². The van der Waals surface area contributed by atoms with Crippen molar-refractivity contribution in [2.75, 3.05) is 10.1 Å². The lowest BCUT2D eigenvalue weighted by atomic mass is 10.3. The smallest absolute Gasteiger partial charge is 0.0655 e. The van der Waals surface area contributed by atoms with Crippen LogP contribution in [0, 0.1) is 0 Å². The highest BCUT2D eigenvalue weighted by Gasteiger charge is 2.16. The quantitative estimate of drug-likeness (QED) is 0.634. The van der Waals surface area contributed by atoms with Crippen LogP contribution in [0.15, 0.2) is 41.4 Å². The first-order chi connectivity index (χ1) is 5.79. The van der Waals surface area contributed by atoms with Gasteiger partial charge in [-0.1, -0.05) is 31.5 Å². The summed E-state index contributed by atoms with van der Waals surface area (Å²) in [4.78, 5) is 1.28. The molecule has 0 aliphatic carbocycles. The molecule has 0 aromatic heterocycles. The SMILES string of the molecule is C=C1CSc2ccccc2N1S. The molecule has 12 heavy (non-hydrogen) atoms. The van der Waals surface area contributed by atoms with Crippen LogP contribution >= 0.6 is 24.6 Å². The van der Waals surface area contributed by atoms with Crippen molar-refractivity contribution in [3.05, 3.63) is 36.5 Å². The summed E-state index contributed by atoms with van der Waals surface area (Å²) in [6.07, 6.45) is 0. The molecule has 0 unspecified atom stereocenters. The molecule has 0 bridgehead atoms. The summed E-state index contributed by atoms with van der Waals surface area (Å²) in [6, 6.07) is 8.22. The fraction of sp³-hybridized carbons (Fsp3) is 0.111. The first-order valence-corrected chi connectivity index (χ1v) is 5.06. The van der Waals surface area contributed by atoms with Crippen LogP contribution in [0.4, 0.5) is 5.69 Å². The molecule has 2 rings (SSSR count). The number of para-hydroxylation sites is 1. The molecular formula is C9H9NS2. The van der Waals surface area contributed by atoms with Crippen LogP contribution in [0.5, 0.6) is 0 Å². The van der Waals surface area contributed by atoms with Gasteiger partial charge >= 0.3 is 0 Å². The average Bonchev–Trinajstić information content (AvgIpc) is 2.12. The molecule has 1 heterocycles. The van der Waals surface area contributed by atoms with E-state index in [1.807, 2.05) is 28.2 Å². The number of fused-ring (bicyclic) bond motifs is 1. The first-order valence-electron chi connectivity index (χ1n) is 3.67. The normalized spacial score (nSPS) is 16.1. The Balaban J connectivity index is 2.48. The van der Waals surface area contributed by atoms with Gasteiger partial charge in [-0.05, 0) is 12.1 Å². The molecule has 0 atom stereocenters. The minimum absolute atomic E-state index is 0.931. The Morgan fingerprint density at radius 1 is 1.42 bits per heavy atom. The average molecular weight is 195 g/mol. The molecule has 1 nitrogen and oxygen atoms in total. The van der Waals surface area contributed by atoms with E-state index in [1.54, 1.807) is 0 Å². The van der Waals surface area contributed by atoms with Crippen LogP contribution in [0.1, 0.15) is 0 Å². The second-order valence-electron chi connectivity index (χ2n) is 2.63. The second kappa shape index (κ2) is 3.07. The summed E-state index contributed by atoms with van der Waals surface area (Å²) in [7, 11) is 0. The van der Waals surface area contributed by atoms with E-state index in [2.05, 4.69) is 31.5 Å². The molecule has 1 aromatic carbocycles. The van der Waals surface area contributed by atoms with Gasteiger partial charge in [-0.25, -0.2) is 0 Å². The Morgan fingerprint density at radius 3 is 3.00 bits per heavy atom. The van der Waals surface area contributed by atoms with E-state index >= 15 is 0 Å². The lowest BCUT2D eigenvalue weighted by molar-refractivity contribution is 1.22. The van der Waals surface area contributed by atoms with Crippen LogP contribution in [0.3, 0.4) is 0 Å². The highest BCUT2D eigenvalue weighted by atomic mass is 32.2. The van der Waals surface area contributed by atoms with Crippen molar-refractivity contribution in [3.8, 4) is 0 Å². The van der Waals surface area contributed by atoms with Gasteiger partial charge in [-0.2, -0.15) is 0 Å². The molecule has 1 aromatic rings. The van der Waals surface area contributed by atoms with Gasteiger partial charge in [0, 0.05) is 16.3 Å². The fourth-order valence-electron chi connectivity index (χ4n) is 1.15. The number of hydrogen-bond acceptors (Lipinski definition) is 3. The largest absolute Gasteiger partial charge is 0.290 e. The second-order valence-corrected chi connectivity index (χ2v) is 4.05. The zero-order valence-electron chi connectivity index (χ0n) is 6.53. The van der Waals surface area contributed by atoms with Gasteiger partial charge in [0.05, 0.1) is 5.69 Å². The van der Waals surface area contributed by atoms with Crippen LogP contribution in [-0.4, -0.2) is 5.75 Å². The fourth-order valence-corrected chi connectivity index (χ4v) is 2.49. The summed E-state index contributed by atoms with van der Waals surface area (Å²) in [5.74, 6) is 0.931. The zero-order valence-corrected chi connectivity index (χ0v) is 8.24. The lowest BCUT2D eigenvalue weighted by Crippen LogP contribution is -2.15. The third-order valence-electron chi connectivity index (χ3n) is 1.79. The Labute approximate surface area is 82.0 Å². The predicted molar refractivity (Wildman–Crippen MR) is 57.8 cm³/mol. The van der Waals surface area contributed by atoms with E-state index < -0.39 is 0 Å². The number of rotatable bonds is 0. The topological polar surface area (TPSA) is 3.24 Å². The van der Waals surface area contributed by atoms with E-state index in [-0.39, 0.29) is 0 Å². The third-order valence-corrected chi connectivity index (χ3v) is 3.42. The van der Waals surface area contributed by atoms with Crippen LogP contribution < -0.4 is 4.31 Å². The molecule has 0 amide bonds. The van der Waals surface area contributed by atoms with E-state index in [0.29, 0.717) is 0 Å². The number of hydrogen-bond donors (Lipinski definition) is 1. The molecule has 0 fully saturated rings. The lowest BCUT2D eigenvalue weighted by Gasteiger charge is -2.27. The van der Waals surface area contributed by atoms with Crippen molar-refractivity contribution in [1.82, 2.24) is 0 Å². The van der Waals surface area contributed by atoms with Crippen molar-refractivity contribution < 1.29 is 0 Å². The Bertz CT molecular complexity index is 322. The number of benzene rings is 1. The zero-order chi connectivity index (χ0) is 8.55. The standard InChI is InChI=1S/C9H9NS2/c1-7-6-12-9-5-3-2-4-8(9)10(7)11/h2-5,11H,1,6H2. The molecule has 0 N–H and O–H groups in total. The molecule has 0 spiro atoms. The molecule has 0 saturated heterocycles. The molecular weight excluding hydrogens is 186 g/mol. The maximum atomic E-state index is 4.36. The molecule has 0 saturated carbocycles. The van der Waals surface area contributed by atoms with Crippen molar-refractivity contribution in [3.63, 3.8) is 0 Å². The predicted octanol–water partition coefficient (Wildman–Crippen LogP) is 2.96. The Hall–Kier alpha value is -0.540. The first kappa shape index (κ1) is 8.08. The van der Waals surface area contributed by atoms with E-state index in [9.17, 15) is 0 Å². The van der Waals surface area contributed by atoms with Crippen molar-refractivity contribution in [2.45, 2.75) is 4.90 Å². The van der Waals surface area contributed by atoms with Crippen molar-refractivity contribution in [1.29, 1.82) is 0 Å². The molecule has 0 radical (unpaired) electrons. The van der Waals surface area contributed by atoms with Crippen LogP contribution in [0.25, 0.3) is 0 Å². The summed E-state index contributed by atoms with van der Waals surface area (Å²) in [5.41, 5.74) is 2.18. The monoisotopic (exact) mass is 195 g/mol. The molecule has 1 aliphatic rings. The van der Waals surface area contributed by atoms with Gasteiger partial charge in [0.1, 0.15) is 0 Å². The molecule has 62 valence electrons. The summed E-state index contributed by atoms with van der Waals surface area (Å²) in [5, 5.41) is 0. The Morgan fingerprint density at radius 2 is 2.17 bits per heavy atom. The van der Waals surface area contributed by atoms with Crippen molar-refractivity contribution in [2.24, 2.45) is 0 Å². The Kier molecular flexibility index (Phi) is 2.07. The van der Waals surface area contributed by atoms with E-state index in [1.165, 1.54) is 4.90 Å². The number of thiol groups is 1. The summed E-state index contributed by atoms with van der Waals surface area (Å²) < 4.78 is 1.85. The van der Waals surface area contributed by atoms with Gasteiger partial charge in [-0.15, -0.1) is 11.8 Å². The maximum absolute atomic E-state index is 4.36. The van der Waals surface area contributed by atoms with Crippen LogP contribution in [0.2, 0.25) is 0 Å². The number of thioether (sulfide) groups is 1. The third kappa shape index (κ3) is 1.23. The number of nitrogens with zero attached hydrogens (tertiary/aromatic N) is 1. The maximum Gasteiger partial charge on any atom is 0.0655 e. The highest BCUT2D eigenvalue weighted by molar-refractivity contribution is 8.00. The number of anilines is 1. The van der Waals surface area contributed by atoms with Gasteiger partial charge in [0.2, 0.25) is 0 Å². The minimum atomic E-state index is 0.931. The molecule has 1 aliphatic heterocycles. The summed E-state index contributed by atoms with van der Waals surface area (Å²) in [6.45, 7) is 3.92.